The summed E-state index contributed by atoms with van der Waals surface area (Å²) in [6, 6.07) is 5.01. The van der Waals surface area contributed by atoms with Crippen LogP contribution in [0, 0.1) is 0 Å². The van der Waals surface area contributed by atoms with Crippen molar-refractivity contribution in [1.82, 2.24) is 4.90 Å². The van der Waals surface area contributed by atoms with Gasteiger partial charge in [0.1, 0.15) is 0 Å². The lowest BCUT2D eigenvalue weighted by Crippen LogP contribution is -2.60. The van der Waals surface area contributed by atoms with Gasteiger partial charge in [0.05, 0.1) is 4.88 Å². The van der Waals surface area contributed by atoms with Crippen molar-refractivity contribution in [3.05, 3.63) is 22.4 Å². The molecule has 4 heteroatoms. The molecule has 4 rings (SSSR count). The van der Waals surface area contributed by atoms with E-state index in [1.54, 1.807) is 11.3 Å². The molecular formula is C17H23NOS2. The van der Waals surface area contributed by atoms with E-state index in [4.69, 9.17) is 0 Å². The minimum absolute atomic E-state index is 0.319. The smallest absolute Gasteiger partial charge is 0.264 e. The molecule has 0 N–H and O–H groups in total. The third-order valence-corrected chi connectivity index (χ3v) is 8.02. The van der Waals surface area contributed by atoms with Crippen molar-refractivity contribution in [2.24, 2.45) is 0 Å². The molecule has 1 aliphatic heterocycles. The van der Waals surface area contributed by atoms with Crippen molar-refractivity contribution < 1.29 is 4.79 Å². The Labute approximate surface area is 135 Å². The number of thiophene rings is 1. The predicted octanol–water partition coefficient (Wildman–Crippen LogP) is 4.56. The molecule has 0 radical (unpaired) electrons. The lowest BCUT2D eigenvalue weighted by Gasteiger charge is -2.53. The summed E-state index contributed by atoms with van der Waals surface area (Å²) >= 11 is 3.83. The molecule has 114 valence electrons. The van der Waals surface area contributed by atoms with Crippen LogP contribution in [0.25, 0.3) is 0 Å². The standard InChI is InChI=1S/C17H23NOS2/c19-17(16-10-5-11-20-16)18-12-6-1-3-8-14(12)21-15-9-4-2-7-13(15)18/h5,10-15H,1-4,6-9H2. The van der Waals surface area contributed by atoms with Crippen molar-refractivity contribution in [1.29, 1.82) is 0 Å². The van der Waals surface area contributed by atoms with Crippen LogP contribution in [0.5, 0.6) is 0 Å². The summed E-state index contributed by atoms with van der Waals surface area (Å²) in [6.45, 7) is 0. The van der Waals surface area contributed by atoms with Gasteiger partial charge in [-0.1, -0.05) is 31.7 Å². The molecular weight excluding hydrogens is 298 g/mol. The lowest BCUT2D eigenvalue weighted by molar-refractivity contribution is 0.0442. The monoisotopic (exact) mass is 321 g/mol. The summed E-state index contributed by atoms with van der Waals surface area (Å²) in [5.74, 6) is 0.319. The van der Waals surface area contributed by atoms with E-state index in [0.29, 0.717) is 28.5 Å². The number of hydrogen-bond acceptors (Lipinski definition) is 3. The number of fused-ring (bicyclic) bond motifs is 2. The van der Waals surface area contributed by atoms with Gasteiger partial charge in [0, 0.05) is 22.6 Å². The zero-order valence-corrected chi connectivity index (χ0v) is 14.0. The first kappa shape index (κ1) is 14.1. The molecule has 3 fully saturated rings. The molecule has 0 bridgehead atoms. The van der Waals surface area contributed by atoms with Gasteiger partial charge in [0.2, 0.25) is 0 Å². The normalized spacial score (nSPS) is 35.9. The zero-order valence-electron chi connectivity index (χ0n) is 12.4. The zero-order chi connectivity index (χ0) is 14.2. The molecule has 1 aromatic rings. The molecule has 0 aromatic carbocycles. The Morgan fingerprint density at radius 3 is 2.19 bits per heavy atom. The quantitative estimate of drug-likeness (QED) is 0.756. The fourth-order valence-electron chi connectivity index (χ4n) is 4.41. The SMILES string of the molecule is O=C(c1cccs1)N1C2CCCCC2SC2CCCCC21. The topological polar surface area (TPSA) is 20.3 Å². The molecule has 2 saturated carbocycles. The molecule has 1 aromatic heterocycles. The summed E-state index contributed by atoms with van der Waals surface area (Å²) in [5.41, 5.74) is 0. The maximum Gasteiger partial charge on any atom is 0.264 e. The fourth-order valence-corrected chi connectivity index (χ4v) is 7.03. The first-order chi connectivity index (χ1) is 10.3. The van der Waals surface area contributed by atoms with E-state index in [1.165, 1.54) is 51.4 Å². The highest BCUT2D eigenvalue weighted by atomic mass is 32.2. The number of thioether (sulfide) groups is 1. The van der Waals surface area contributed by atoms with Crippen molar-refractivity contribution in [3.8, 4) is 0 Å². The van der Waals surface area contributed by atoms with Crippen LogP contribution in [0.15, 0.2) is 17.5 Å². The Morgan fingerprint density at radius 1 is 1.00 bits per heavy atom. The second-order valence-electron chi connectivity index (χ2n) is 6.61. The highest BCUT2D eigenvalue weighted by Gasteiger charge is 2.46. The van der Waals surface area contributed by atoms with Gasteiger partial charge < -0.3 is 4.90 Å². The largest absolute Gasteiger partial charge is 0.330 e. The molecule has 4 unspecified atom stereocenters. The highest BCUT2D eigenvalue weighted by Crippen LogP contribution is 2.46. The van der Waals surface area contributed by atoms with Gasteiger partial charge in [0.15, 0.2) is 0 Å². The first-order valence-corrected chi connectivity index (χ1v) is 10.2. The molecule has 3 aliphatic rings. The highest BCUT2D eigenvalue weighted by molar-refractivity contribution is 8.00. The number of rotatable bonds is 1. The van der Waals surface area contributed by atoms with E-state index in [-0.39, 0.29) is 0 Å². The Bertz CT molecular complexity index is 479. The lowest BCUT2D eigenvalue weighted by atomic mass is 9.87. The molecule has 2 heterocycles. The molecule has 21 heavy (non-hydrogen) atoms. The van der Waals surface area contributed by atoms with E-state index >= 15 is 0 Å². The van der Waals surface area contributed by atoms with E-state index < -0.39 is 0 Å². The second kappa shape index (κ2) is 5.96. The first-order valence-electron chi connectivity index (χ1n) is 8.36. The molecule has 4 atom stereocenters. The minimum atomic E-state index is 0.319. The Kier molecular flexibility index (Phi) is 4.01. The van der Waals surface area contributed by atoms with Crippen LogP contribution in [0.1, 0.15) is 61.0 Å². The summed E-state index contributed by atoms with van der Waals surface area (Å²) in [6.07, 6.45) is 10.4. The average molecular weight is 322 g/mol. The third kappa shape index (κ3) is 2.55. The Balaban J connectivity index is 1.66. The van der Waals surface area contributed by atoms with Gasteiger partial charge in [-0.05, 0) is 37.1 Å². The Morgan fingerprint density at radius 2 is 1.62 bits per heavy atom. The number of hydrogen-bond donors (Lipinski definition) is 0. The van der Waals surface area contributed by atoms with Gasteiger partial charge in [-0.15, -0.1) is 11.3 Å². The van der Waals surface area contributed by atoms with Crippen molar-refractivity contribution >= 4 is 29.0 Å². The maximum absolute atomic E-state index is 13.1. The van der Waals surface area contributed by atoms with Crippen LogP contribution >= 0.6 is 23.1 Å². The van der Waals surface area contributed by atoms with Gasteiger partial charge in [-0.2, -0.15) is 11.8 Å². The van der Waals surface area contributed by atoms with E-state index in [1.807, 2.05) is 17.5 Å². The molecule has 1 amide bonds. The molecule has 1 saturated heterocycles. The van der Waals surface area contributed by atoms with Crippen LogP contribution in [0.3, 0.4) is 0 Å². The predicted molar refractivity (Wildman–Crippen MR) is 90.2 cm³/mol. The van der Waals surface area contributed by atoms with E-state index in [9.17, 15) is 4.79 Å². The number of nitrogens with zero attached hydrogens (tertiary/aromatic N) is 1. The number of carbonyl (C=O) groups is 1. The molecule has 2 nitrogen and oxygen atoms in total. The van der Waals surface area contributed by atoms with Crippen LogP contribution in [-0.2, 0) is 0 Å². The third-order valence-electron chi connectivity index (χ3n) is 5.37. The maximum atomic E-state index is 13.1. The summed E-state index contributed by atoms with van der Waals surface area (Å²) in [5, 5.41) is 3.42. The van der Waals surface area contributed by atoms with Gasteiger partial charge in [-0.3, -0.25) is 4.79 Å². The van der Waals surface area contributed by atoms with Crippen LogP contribution in [0.2, 0.25) is 0 Å². The fraction of sp³-hybridized carbons (Fsp3) is 0.706. The Hall–Kier alpha value is -0.480. The summed E-state index contributed by atoms with van der Waals surface area (Å²) < 4.78 is 0. The second-order valence-corrected chi connectivity index (χ2v) is 9.04. The van der Waals surface area contributed by atoms with E-state index in [0.717, 1.165) is 4.88 Å². The van der Waals surface area contributed by atoms with Crippen molar-refractivity contribution in [2.75, 3.05) is 0 Å². The summed E-state index contributed by atoms with van der Waals surface area (Å²) in [4.78, 5) is 16.4. The number of carbonyl (C=O) groups excluding carboxylic acids is 1. The van der Waals surface area contributed by atoms with Gasteiger partial charge in [-0.25, -0.2) is 0 Å². The average Bonchev–Trinajstić information content (AvgIpc) is 3.06. The molecule has 0 spiro atoms. The van der Waals surface area contributed by atoms with Crippen LogP contribution in [-0.4, -0.2) is 33.4 Å². The van der Waals surface area contributed by atoms with E-state index in [2.05, 4.69) is 16.7 Å². The van der Waals surface area contributed by atoms with Crippen molar-refractivity contribution in [2.45, 2.75) is 74.0 Å². The van der Waals surface area contributed by atoms with Crippen LogP contribution < -0.4 is 0 Å². The number of amides is 1. The van der Waals surface area contributed by atoms with Gasteiger partial charge in [0.25, 0.3) is 5.91 Å². The summed E-state index contributed by atoms with van der Waals surface area (Å²) in [7, 11) is 0. The van der Waals surface area contributed by atoms with Crippen LogP contribution in [0.4, 0.5) is 0 Å². The van der Waals surface area contributed by atoms with Crippen molar-refractivity contribution in [3.63, 3.8) is 0 Å². The van der Waals surface area contributed by atoms with Gasteiger partial charge >= 0.3 is 0 Å². The molecule has 2 aliphatic carbocycles. The minimum Gasteiger partial charge on any atom is -0.330 e.